The fraction of sp³-hybridized carbons (Fsp3) is 0.118. The minimum atomic E-state index is -1.79. The number of nitrogens with one attached hydrogen (secondary N) is 2. The number of alkyl halides is 3. The lowest BCUT2D eigenvalue weighted by Gasteiger charge is -2.26. The van der Waals surface area contributed by atoms with Gasteiger partial charge in [0.05, 0.1) is 0 Å². The largest absolute Gasteiger partial charge is 0.336 e. The summed E-state index contributed by atoms with van der Waals surface area (Å²) in [6.45, 7) is 0. The van der Waals surface area contributed by atoms with Crippen LogP contribution in [-0.2, 0) is 0 Å². The van der Waals surface area contributed by atoms with Gasteiger partial charge in [0.1, 0.15) is 11.2 Å². The van der Waals surface area contributed by atoms with Gasteiger partial charge in [-0.2, -0.15) is 0 Å². The standard InChI is InChI=1S/C17H13Cl3N4OS/c18-17(19,20)15(21-13(25)11-7-3-1-4-8-11)22-16-24-23-14(26-16)12-9-5-2-6-10-12/h1-10,15H,(H,21,25)(H,22,24). The van der Waals surface area contributed by atoms with Crippen molar-refractivity contribution in [1.82, 2.24) is 15.5 Å². The summed E-state index contributed by atoms with van der Waals surface area (Å²) in [6, 6.07) is 18.2. The molecule has 0 saturated heterocycles. The van der Waals surface area contributed by atoms with Crippen LogP contribution in [-0.4, -0.2) is 26.1 Å². The van der Waals surface area contributed by atoms with E-state index >= 15 is 0 Å². The second-order valence-electron chi connectivity index (χ2n) is 5.24. The van der Waals surface area contributed by atoms with Crippen molar-refractivity contribution >= 4 is 57.2 Å². The molecule has 0 fully saturated rings. The van der Waals surface area contributed by atoms with Gasteiger partial charge >= 0.3 is 0 Å². The number of nitrogens with zero attached hydrogens (tertiary/aromatic N) is 2. The fourth-order valence-electron chi connectivity index (χ4n) is 2.11. The van der Waals surface area contributed by atoms with Crippen LogP contribution in [0, 0.1) is 0 Å². The molecule has 1 unspecified atom stereocenters. The Bertz CT molecular complexity index is 868. The monoisotopic (exact) mass is 426 g/mol. The minimum absolute atomic E-state index is 0.373. The number of hydrogen-bond donors (Lipinski definition) is 2. The van der Waals surface area contributed by atoms with Gasteiger partial charge in [0, 0.05) is 11.1 Å². The Morgan fingerprint density at radius 3 is 2.19 bits per heavy atom. The van der Waals surface area contributed by atoms with Crippen LogP contribution in [0.2, 0.25) is 0 Å². The molecule has 2 N–H and O–H groups in total. The molecule has 0 bridgehead atoms. The van der Waals surface area contributed by atoms with Crippen LogP contribution in [0.1, 0.15) is 10.4 Å². The molecule has 2 aromatic carbocycles. The van der Waals surface area contributed by atoms with Gasteiger partial charge in [0.25, 0.3) is 5.91 Å². The molecule has 0 spiro atoms. The molecule has 1 amide bonds. The zero-order chi connectivity index (χ0) is 18.6. The molecule has 0 aliphatic heterocycles. The van der Waals surface area contributed by atoms with E-state index in [4.69, 9.17) is 34.8 Å². The molecule has 0 aliphatic rings. The first-order valence-electron chi connectivity index (χ1n) is 7.51. The van der Waals surface area contributed by atoms with E-state index in [0.29, 0.717) is 15.7 Å². The van der Waals surface area contributed by atoms with E-state index in [1.807, 2.05) is 36.4 Å². The highest BCUT2D eigenvalue weighted by Gasteiger charge is 2.35. The summed E-state index contributed by atoms with van der Waals surface area (Å²) < 4.78 is -1.79. The molecule has 0 aliphatic carbocycles. The molecule has 26 heavy (non-hydrogen) atoms. The predicted molar refractivity (Wildman–Crippen MR) is 107 cm³/mol. The molecular formula is C17H13Cl3N4OS. The van der Waals surface area contributed by atoms with Gasteiger partial charge in [-0.1, -0.05) is 94.7 Å². The van der Waals surface area contributed by atoms with Crippen molar-refractivity contribution in [3.63, 3.8) is 0 Å². The van der Waals surface area contributed by atoms with Gasteiger partial charge in [-0.3, -0.25) is 4.79 Å². The number of benzene rings is 2. The summed E-state index contributed by atoms with van der Waals surface area (Å²) in [5.41, 5.74) is 1.38. The Morgan fingerprint density at radius 2 is 1.58 bits per heavy atom. The number of aromatic nitrogens is 2. The Labute approximate surface area is 169 Å². The summed E-state index contributed by atoms with van der Waals surface area (Å²) in [7, 11) is 0. The normalized spacial score (nSPS) is 12.4. The first-order valence-corrected chi connectivity index (χ1v) is 9.46. The highest BCUT2D eigenvalue weighted by atomic mass is 35.6. The van der Waals surface area contributed by atoms with Gasteiger partial charge in [-0.15, -0.1) is 10.2 Å². The van der Waals surface area contributed by atoms with E-state index in [1.165, 1.54) is 11.3 Å². The van der Waals surface area contributed by atoms with Gasteiger partial charge in [-0.25, -0.2) is 0 Å². The maximum Gasteiger partial charge on any atom is 0.252 e. The van der Waals surface area contributed by atoms with Crippen LogP contribution in [0.3, 0.4) is 0 Å². The average molecular weight is 428 g/mol. The third-order valence-electron chi connectivity index (χ3n) is 3.35. The van der Waals surface area contributed by atoms with Gasteiger partial charge in [-0.05, 0) is 12.1 Å². The van der Waals surface area contributed by atoms with Gasteiger partial charge in [0.15, 0.2) is 0 Å². The van der Waals surface area contributed by atoms with Crippen LogP contribution in [0.25, 0.3) is 10.6 Å². The lowest BCUT2D eigenvalue weighted by Crippen LogP contribution is -2.49. The molecule has 9 heteroatoms. The van der Waals surface area contributed by atoms with E-state index in [0.717, 1.165) is 5.56 Å². The van der Waals surface area contributed by atoms with E-state index in [1.54, 1.807) is 24.3 Å². The number of rotatable bonds is 5. The second kappa shape index (κ2) is 8.22. The zero-order valence-electron chi connectivity index (χ0n) is 13.2. The molecular weight excluding hydrogens is 415 g/mol. The van der Waals surface area contributed by atoms with E-state index in [-0.39, 0.29) is 5.91 Å². The first kappa shape index (κ1) is 18.9. The average Bonchev–Trinajstić information content (AvgIpc) is 3.10. The minimum Gasteiger partial charge on any atom is -0.336 e. The second-order valence-corrected chi connectivity index (χ2v) is 8.58. The van der Waals surface area contributed by atoms with Crippen LogP contribution < -0.4 is 10.6 Å². The summed E-state index contributed by atoms with van der Waals surface area (Å²) >= 11 is 19.3. The summed E-state index contributed by atoms with van der Waals surface area (Å²) in [4.78, 5) is 12.4. The number of halogens is 3. The van der Waals surface area contributed by atoms with E-state index in [9.17, 15) is 4.79 Å². The highest BCUT2D eigenvalue weighted by molar-refractivity contribution is 7.18. The lowest BCUT2D eigenvalue weighted by atomic mass is 10.2. The topological polar surface area (TPSA) is 66.9 Å². The maximum atomic E-state index is 12.4. The SMILES string of the molecule is O=C(NC(Nc1nnc(-c2ccccc2)s1)C(Cl)(Cl)Cl)c1ccccc1. The molecule has 5 nitrogen and oxygen atoms in total. The number of hydrogen-bond acceptors (Lipinski definition) is 5. The summed E-state index contributed by atoms with van der Waals surface area (Å²) in [5.74, 6) is -0.373. The number of carbonyl (C=O) groups excluding carboxylic acids is 1. The number of carbonyl (C=O) groups is 1. The molecule has 0 radical (unpaired) electrons. The molecule has 1 heterocycles. The van der Waals surface area contributed by atoms with Crippen molar-refractivity contribution in [1.29, 1.82) is 0 Å². The predicted octanol–water partition coefficient (Wildman–Crippen LogP) is 4.74. The number of anilines is 1. The van der Waals surface area contributed by atoms with Crippen LogP contribution in [0.5, 0.6) is 0 Å². The quantitative estimate of drug-likeness (QED) is 0.456. The first-order chi connectivity index (χ1) is 12.4. The van der Waals surface area contributed by atoms with Crippen molar-refractivity contribution in [3.05, 3.63) is 66.2 Å². The molecule has 1 atom stereocenters. The van der Waals surface area contributed by atoms with Crippen molar-refractivity contribution in [2.75, 3.05) is 5.32 Å². The van der Waals surface area contributed by atoms with E-state index < -0.39 is 9.96 Å². The molecule has 134 valence electrons. The van der Waals surface area contributed by atoms with Gasteiger partial charge in [0.2, 0.25) is 8.92 Å². The zero-order valence-corrected chi connectivity index (χ0v) is 16.3. The Balaban J connectivity index is 1.75. The Morgan fingerprint density at radius 1 is 0.962 bits per heavy atom. The molecule has 1 aromatic heterocycles. The van der Waals surface area contributed by atoms with Crippen molar-refractivity contribution in [2.24, 2.45) is 0 Å². The lowest BCUT2D eigenvalue weighted by molar-refractivity contribution is 0.0942. The molecule has 3 aromatic rings. The van der Waals surface area contributed by atoms with E-state index in [2.05, 4.69) is 20.8 Å². The van der Waals surface area contributed by atoms with Crippen molar-refractivity contribution in [2.45, 2.75) is 9.96 Å². The molecule has 3 rings (SSSR count). The number of amides is 1. The molecule has 0 saturated carbocycles. The summed E-state index contributed by atoms with van der Waals surface area (Å²) in [5, 5.41) is 14.9. The van der Waals surface area contributed by atoms with Crippen LogP contribution >= 0.6 is 46.1 Å². The van der Waals surface area contributed by atoms with Crippen molar-refractivity contribution in [3.8, 4) is 10.6 Å². The third kappa shape index (κ3) is 4.86. The van der Waals surface area contributed by atoms with Crippen LogP contribution in [0.4, 0.5) is 5.13 Å². The van der Waals surface area contributed by atoms with Crippen molar-refractivity contribution < 1.29 is 4.79 Å². The smallest absolute Gasteiger partial charge is 0.252 e. The Kier molecular flexibility index (Phi) is 5.98. The summed E-state index contributed by atoms with van der Waals surface area (Å²) in [6.07, 6.45) is -0.989. The third-order valence-corrected chi connectivity index (χ3v) is 4.91. The fourth-order valence-corrected chi connectivity index (χ4v) is 3.21. The van der Waals surface area contributed by atoms with Gasteiger partial charge < -0.3 is 10.6 Å². The van der Waals surface area contributed by atoms with Crippen LogP contribution in [0.15, 0.2) is 60.7 Å². The Hall–Kier alpha value is -1.86. The maximum absolute atomic E-state index is 12.4. The highest BCUT2D eigenvalue weighted by Crippen LogP contribution is 2.33.